The van der Waals surface area contributed by atoms with E-state index in [9.17, 15) is 9.59 Å². The Morgan fingerprint density at radius 2 is 1.96 bits per heavy atom. The SMILES string of the molecule is C/C(Cl)=C\C[N+]1=C(NCCc2ccccc2)N=C2C1C(=O)N(C)C(=O)N2C. The molecule has 1 aromatic rings. The number of halogens is 1. The van der Waals surface area contributed by atoms with Gasteiger partial charge >= 0.3 is 12.0 Å². The number of benzene rings is 1. The lowest BCUT2D eigenvalue weighted by atomic mass is 10.1. The zero-order valence-corrected chi connectivity index (χ0v) is 16.4. The maximum absolute atomic E-state index is 12.7. The number of hydrogen-bond acceptors (Lipinski definition) is 4. The maximum atomic E-state index is 12.7. The molecule has 1 N–H and O–H groups in total. The molecule has 0 aliphatic carbocycles. The Balaban J connectivity index is 1.84. The summed E-state index contributed by atoms with van der Waals surface area (Å²) in [4.78, 5) is 32.0. The zero-order valence-electron chi connectivity index (χ0n) is 15.6. The Bertz CT molecular complexity index is 843. The van der Waals surface area contributed by atoms with Gasteiger partial charge < -0.3 is 0 Å². The second kappa shape index (κ2) is 7.92. The second-order valence-electron chi connectivity index (χ2n) is 6.54. The fourth-order valence-electron chi connectivity index (χ4n) is 3.12. The molecule has 1 aromatic carbocycles. The van der Waals surface area contributed by atoms with Gasteiger partial charge in [0.1, 0.15) is 0 Å². The Morgan fingerprint density at radius 3 is 2.63 bits per heavy atom. The molecule has 2 aliphatic heterocycles. The number of amides is 3. The molecule has 0 bridgehead atoms. The normalized spacial score (nSPS) is 20.2. The van der Waals surface area contributed by atoms with Crippen LogP contribution in [0.25, 0.3) is 0 Å². The van der Waals surface area contributed by atoms with Gasteiger partial charge in [0.05, 0.1) is 13.1 Å². The van der Waals surface area contributed by atoms with E-state index >= 15 is 0 Å². The zero-order chi connectivity index (χ0) is 19.6. The van der Waals surface area contributed by atoms with Crippen LogP contribution in [-0.4, -0.2) is 71.3 Å². The van der Waals surface area contributed by atoms with Crippen LogP contribution in [0, 0.1) is 0 Å². The molecule has 3 rings (SSSR count). The standard InChI is InChI=1S/C19H22ClN5O2/c1-13(20)10-12-25-15-16(23(2)19(27)24(3)17(15)26)22-18(25)21-11-9-14-7-5-4-6-8-14/h4-8,10,15H,9,11-12H2,1-3H3/p+1/b13-10+. The van der Waals surface area contributed by atoms with Crippen LogP contribution >= 0.6 is 11.6 Å². The molecule has 142 valence electrons. The van der Waals surface area contributed by atoms with Crippen molar-refractivity contribution >= 4 is 35.3 Å². The van der Waals surface area contributed by atoms with Gasteiger partial charge in [-0.2, -0.15) is 0 Å². The van der Waals surface area contributed by atoms with Gasteiger partial charge in [0.15, 0.2) is 0 Å². The third-order valence-corrected chi connectivity index (χ3v) is 4.79. The van der Waals surface area contributed by atoms with Crippen molar-refractivity contribution in [2.75, 3.05) is 27.2 Å². The highest BCUT2D eigenvalue weighted by atomic mass is 35.5. The minimum atomic E-state index is -0.635. The fraction of sp³-hybridized carbons (Fsp3) is 0.368. The first-order valence-corrected chi connectivity index (χ1v) is 9.15. The lowest BCUT2D eigenvalue weighted by molar-refractivity contribution is -0.527. The molecule has 1 atom stereocenters. The van der Waals surface area contributed by atoms with Crippen molar-refractivity contribution < 1.29 is 14.2 Å². The summed E-state index contributed by atoms with van der Waals surface area (Å²) in [7, 11) is 3.12. The largest absolute Gasteiger partial charge is 0.390 e. The Morgan fingerprint density at radius 1 is 1.26 bits per heavy atom. The van der Waals surface area contributed by atoms with Crippen molar-refractivity contribution in [1.29, 1.82) is 0 Å². The number of amidine groups is 1. The smallest absolute Gasteiger partial charge is 0.274 e. The molecule has 8 heteroatoms. The van der Waals surface area contributed by atoms with Crippen LogP contribution in [0.15, 0.2) is 46.4 Å². The van der Waals surface area contributed by atoms with E-state index in [-0.39, 0.29) is 11.9 Å². The van der Waals surface area contributed by atoms with E-state index in [1.54, 1.807) is 14.0 Å². The van der Waals surface area contributed by atoms with Crippen LogP contribution in [0.1, 0.15) is 12.5 Å². The molecule has 0 aromatic heterocycles. The lowest BCUT2D eigenvalue weighted by Gasteiger charge is -2.31. The van der Waals surface area contributed by atoms with Crippen LogP contribution in [0.4, 0.5) is 4.79 Å². The number of nitrogens with one attached hydrogen (secondary N) is 1. The first-order chi connectivity index (χ1) is 12.9. The van der Waals surface area contributed by atoms with E-state index in [2.05, 4.69) is 22.4 Å². The van der Waals surface area contributed by atoms with E-state index in [1.165, 1.54) is 17.5 Å². The summed E-state index contributed by atoms with van der Waals surface area (Å²) in [5.41, 5.74) is 1.21. The molecular formula is C19H23ClN5O2+. The average Bonchev–Trinajstić information content (AvgIpc) is 3.02. The van der Waals surface area contributed by atoms with E-state index in [1.807, 2.05) is 28.9 Å². The monoisotopic (exact) mass is 388 g/mol. The Hall–Kier alpha value is -2.67. The predicted octanol–water partition coefficient (Wildman–Crippen LogP) is 1.63. The summed E-state index contributed by atoms with van der Waals surface area (Å²) < 4.78 is 1.84. The second-order valence-corrected chi connectivity index (χ2v) is 7.14. The van der Waals surface area contributed by atoms with E-state index in [0.29, 0.717) is 29.9 Å². The van der Waals surface area contributed by atoms with Crippen molar-refractivity contribution in [2.24, 2.45) is 4.99 Å². The molecule has 1 unspecified atom stereocenters. The number of allylic oxidation sites excluding steroid dienone is 1. The quantitative estimate of drug-likeness (QED) is 0.779. The number of imide groups is 1. The van der Waals surface area contributed by atoms with Gasteiger partial charge in [-0.25, -0.2) is 9.37 Å². The highest BCUT2D eigenvalue weighted by Crippen LogP contribution is 2.18. The van der Waals surface area contributed by atoms with Gasteiger partial charge in [0.2, 0.25) is 11.9 Å². The Labute approximate surface area is 163 Å². The fourth-order valence-corrected chi connectivity index (χ4v) is 3.19. The summed E-state index contributed by atoms with van der Waals surface area (Å²) in [6.45, 7) is 2.86. The first kappa shape index (κ1) is 19.1. The highest BCUT2D eigenvalue weighted by Gasteiger charge is 2.51. The van der Waals surface area contributed by atoms with Gasteiger partial charge in [-0.05, 0) is 18.6 Å². The van der Waals surface area contributed by atoms with Crippen LogP contribution in [0.3, 0.4) is 0 Å². The van der Waals surface area contributed by atoms with Crippen molar-refractivity contribution in [3.8, 4) is 0 Å². The van der Waals surface area contributed by atoms with Gasteiger partial charge in [-0.15, -0.1) is 0 Å². The van der Waals surface area contributed by atoms with Crippen LogP contribution in [0.5, 0.6) is 0 Å². The number of carbonyl (C=O) groups excluding carboxylic acids is 2. The van der Waals surface area contributed by atoms with Crippen LogP contribution in [-0.2, 0) is 11.2 Å². The van der Waals surface area contributed by atoms with Crippen LogP contribution in [0.2, 0.25) is 0 Å². The molecule has 7 nitrogen and oxygen atoms in total. The van der Waals surface area contributed by atoms with Gasteiger partial charge in [-0.3, -0.25) is 19.9 Å². The van der Waals surface area contributed by atoms with Gasteiger partial charge in [0.25, 0.3) is 5.91 Å². The molecule has 1 saturated heterocycles. The summed E-state index contributed by atoms with van der Waals surface area (Å²) >= 11 is 5.99. The van der Waals surface area contributed by atoms with Crippen molar-refractivity contribution in [1.82, 2.24) is 15.1 Å². The summed E-state index contributed by atoms with van der Waals surface area (Å²) in [5.74, 6) is 0.715. The van der Waals surface area contributed by atoms with Gasteiger partial charge in [0, 0.05) is 25.5 Å². The molecule has 2 heterocycles. The molecule has 0 saturated carbocycles. The number of urea groups is 1. The maximum Gasteiger partial charge on any atom is 0.390 e. The van der Waals surface area contributed by atoms with Crippen molar-refractivity contribution in [3.05, 3.63) is 47.0 Å². The molecular weight excluding hydrogens is 366 g/mol. The van der Waals surface area contributed by atoms with Gasteiger partial charge in [-0.1, -0.05) is 46.9 Å². The number of guanidine groups is 1. The molecule has 27 heavy (non-hydrogen) atoms. The number of likely N-dealkylation sites (N-methyl/N-ethyl adjacent to an activating group) is 2. The van der Waals surface area contributed by atoms with Crippen molar-refractivity contribution in [2.45, 2.75) is 19.4 Å². The number of carbonyl (C=O) groups is 2. The lowest BCUT2D eigenvalue weighted by Crippen LogP contribution is -2.61. The van der Waals surface area contributed by atoms with Crippen molar-refractivity contribution in [3.63, 3.8) is 0 Å². The highest BCUT2D eigenvalue weighted by molar-refractivity contribution is 6.29. The molecule has 2 aliphatic rings. The molecule has 3 amide bonds. The minimum absolute atomic E-state index is 0.294. The molecule has 0 spiro atoms. The topological polar surface area (TPSA) is 68.0 Å². The molecule has 1 fully saturated rings. The Kier molecular flexibility index (Phi) is 5.60. The number of nitrogens with zero attached hydrogens (tertiary/aromatic N) is 4. The number of fused-ring (bicyclic) bond motifs is 1. The summed E-state index contributed by atoms with van der Waals surface area (Å²) in [6, 6.07) is 9.10. The van der Waals surface area contributed by atoms with E-state index in [0.717, 1.165) is 11.3 Å². The number of rotatable bonds is 5. The number of hydrogen-bond donors (Lipinski definition) is 1. The third kappa shape index (κ3) is 3.88. The summed E-state index contributed by atoms with van der Waals surface area (Å²) in [6.07, 6.45) is 2.64. The summed E-state index contributed by atoms with van der Waals surface area (Å²) in [5, 5.41) is 3.94. The predicted molar refractivity (Wildman–Crippen MR) is 105 cm³/mol. The number of aliphatic imine (C=N–C) groups is 1. The minimum Gasteiger partial charge on any atom is -0.274 e. The molecule has 0 radical (unpaired) electrons. The first-order valence-electron chi connectivity index (χ1n) is 8.77. The van der Waals surface area contributed by atoms with E-state index < -0.39 is 6.04 Å². The average molecular weight is 389 g/mol. The third-order valence-electron chi connectivity index (χ3n) is 4.64. The van der Waals surface area contributed by atoms with Crippen LogP contribution < -0.4 is 5.32 Å². The van der Waals surface area contributed by atoms with E-state index in [4.69, 9.17) is 11.6 Å².